The van der Waals surface area contributed by atoms with Crippen molar-refractivity contribution in [2.75, 3.05) is 4.90 Å². The van der Waals surface area contributed by atoms with Gasteiger partial charge in [0.15, 0.2) is 0 Å². The van der Waals surface area contributed by atoms with E-state index in [1.54, 1.807) is 0 Å². The van der Waals surface area contributed by atoms with Gasteiger partial charge in [-0.25, -0.2) is 0 Å². The Labute approximate surface area is 270 Å². The maximum Gasteiger partial charge on any atom is 0.0465 e. The Morgan fingerprint density at radius 3 is 1.89 bits per heavy atom. The summed E-state index contributed by atoms with van der Waals surface area (Å²) in [6.07, 6.45) is 0. The molecular weight excluding hydrogens is 555 g/mol. The van der Waals surface area contributed by atoms with E-state index < -0.39 is 0 Å². The van der Waals surface area contributed by atoms with E-state index in [1.807, 2.05) is 0 Å². The molecule has 0 aromatic heterocycles. The monoisotopic (exact) mass is 587 g/mol. The number of anilines is 3. The number of benzene rings is 8. The fourth-order valence-corrected chi connectivity index (χ4v) is 7.76. The predicted molar refractivity (Wildman–Crippen MR) is 197 cm³/mol. The van der Waals surface area contributed by atoms with Gasteiger partial charge < -0.3 is 4.90 Å². The average molecular weight is 588 g/mol. The largest absolute Gasteiger partial charge is 0.310 e. The van der Waals surface area contributed by atoms with E-state index >= 15 is 0 Å². The molecule has 0 bridgehead atoms. The van der Waals surface area contributed by atoms with Crippen LogP contribution in [0.1, 0.15) is 25.0 Å². The van der Waals surface area contributed by atoms with Crippen LogP contribution in [0, 0.1) is 0 Å². The first-order valence-electron chi connectivity index (χ1n) is 16.1. The van der Waals surface area contributed by atoms with E-state index in [2.05, 4.69) is 183 Å². The second-order valence-corrected chi connectivity index (χ2v) is 13.0. The topological polar surface area (TPSA) is 3.24 Å². The summed E-state index contributed by atoms with van der Waals surface area (Å²) in [6, 6.07) is 60.1. The quantitative estimate of drug-likeness (QED) is 0.185. The van der Waals surface area contributed by atoms with Crippen LogP contribution in [0.5, 0.6) is 0 Å². The Morgan fingerprint density at radius 1 is 0.391 bits per heavy atom. The van der Waals surface area contributed by atoms with E-state index in [4.69, 9.17) is 0 Å². The minimum absolute atomic E-state index is 0.0575. The maximum absolute atomic E-state index is 2.40. The number of nitrogens with zero attached hydrogens (tertiary/aromatic N) is 1. The summed E-state index contributed by atoms with van der Waals surface area (Å²) in [6.45, 7) is 4.69. The van der Waals surface area contributed by atoms with Gasteiger partial charge in [-0.3, -0.25) is 0 Å². The average Bonchev–Trinajstić information content (AvgIpc) is 3.34. The molecule has 0 amide bonds. The molecule has 1 nitrogen and oxygen atoms in total. The Hall–Kier alpha value is -5.66. The standard InChI is InChI=1S/C45H33N/c1-45(2)42-18-9-8-15-39(42)40-28-26-35(29-43(40)45)46(33-12-4-3-5-13-33)34-24-21-31(22-25-34)36-16-10-17-41-38(36)27-23-32-20-19-30-11-6-7-14-37(30)44(32)41/h3-29H,1-2H3. The molecule has 0 fully saturated rings. The van der Waals surface area contributed by atoms with Gasteiger partial charge in [-0.05, 0) is 102 Å². The molecule has 0 atom stereocenters. The highest BCUT2D eigenvalue weighted by molar-refractivity contribution is 6.22. The summed E-state index contributed by atoms with van der Waals surface area (Å²) in [5.41, 5.74) is 11.3. The molecule has 0 N–H and O–H groups in total. The smallest absolute Gasteiger partial charge is 0.0465 e. The molecule has 0 unspecified atom stereocenters. The maximum atomic E-state index is 2.40. The third kappa shape index (κ3) is 4.02. The van der Waals surface area contributed by atoms with Gasteiger partial charge in [0, 0.05) is 22.5 Å². The van der Waals surface area contributed by atoms with Crippen LogP contribution in [0.3, 0.4) is 0 Å². The zero-order valence-corrected chi connectivity index (χ0v) is 26.0. The Kier molecular flexibility index (Phi) is 5.92. The highest BCUT2D eigenvalue weighted by atomic mass is 15.1. The summed E-state index contributed by atoms with van der Waals surface area (Å²) >= 11 is 0. The lowest BCUT2D eigenvalue weighted by molar-refractivity contribution is 0.660. The Balaban J connectivity index is 1.16. The van der Waals surface area contributed by atoms with Crippen molar-refractivity contribution < 1.29 is 0 Å². The van der Waals surface area contributed by atoms with Crippen molar-refractivity contribution in [3.05, 3.63) is 175 Å². The van der Waals surface area contributed by atoms with Gasteiger partial charge in [-0.2, -0.15) is 0 Å². The Morgan fingerprint density at radius 2 is 1.02 bits per heavy atom. The normalized spacial score (nSPS) is 13.2. The Bertz CT molecular complexity index is 2430. The highest BCUT2D eigenvalue weighted by Gasteiger charge is 2.35. The third-order valence-electron chi connectivity index (χ3n) is 10.0. The zero-order chi connectivity index (χ0) is 30.8. The van der Waals surface area contributed by atoms with Crippen molar-refractivity contribution in [3.8, 4) is 22.3 Å². The van der Waals surface area contributed by atoms with Crippen molar-refractivity contribution in [1.29, 1.82) is 0 Å². The van der Waals surface area contributed by atoms with Crippen LogP contribution in [0.2, 0.25) is 0 Å². The minimum atomic E-state index is -0.0575. The van der Waals surface area contributed by atoms with Crippen LogP contribution in [-0.2, 0) is 5.41 Å². The molecule has 0 spiro atoms. The second kappa shape index (κ2) is 10.2. The van der Waals surface area contributed by atoms with E-state index in [9.17, 15) is 0 Å². The molecular formula is C45H33N. The first kappa shape index (κ1) is 26.7. The third-order valence-corrected chi connectivity index (χ3v) is 10.0. The lowest BCUT2D eigenvalue weighted by atomic mass is 9.82. The van der Waals surface area contributed by atoms with E-state index in [0.29, 0.717) is 0 Å². The highest BCUT2D eigenvalue weighted by Crippen LogP contribution is 2.50. The SMILES string of the molecule is CC1(C)c2ccccc2-c2ccc(N(c3ccccc3)c3ccc(-c4cccc5c4ccc4ccc6ccccc6c45)cc3)cc21. The van der Waals surface area contributed by atoms with Gasteiger partial charge in [-0.15, -0.1) is 0 Å². The molecule has 1 heteroatoms. The lowest BCUT2D eigenvalue weighted by Gasteiger charge is -2.28. The van der Waals surface area contributed by atoms with Crippen molar-refractivity contribution in [2.45, 2.75) is 19.3 Å². The number of para-hydroxylation sites is 1. The second-order valence-electron chi connectivity index (χ2n) is 13.0. The van der Waals surface area contributed by atoms with Crippen molar-refractivity contribution in [2.24, 2.45) is 0 Å². The first-order chi connectivity index (χ1) is 22.6. The van der Waals surface area contributed by atoms with Crippen LogP contribution in [0.15, 0.2) is 164 Å². The van der Waals surface area contributed by atoms with Gasteiger partial charge in [0.1, 0.15) is 0 Å². The summed E-state index contributed by atoms with van der Waals surface area (Å²) in [4.78, 5) is 2.38. The van der Waals surface area contributed by atoms with Gasteiger partial charge in [0.25, 0.3) is 0 Å². The molecule has 0 saturated carbocycles. The van der Waals surface area contributed by atoms with Crippen molar-refractivity contribution in [1.82, 2.24) is 0 Å². The van der Waals surface area contributed by atoms with Gasteiger partial charge >= 0.3 is 0 Å². The van der Waals surface area contributed by atoms with Crippen LogP contribution < -0.4 is 4.90 Å². The molecule has 1 aliphatic rings. The molecule has 0 heterocycles. The number of rotatable bonds is 4. The summed E-state index contributed by atoms with van der Waals surface area (Å²) in [5, 5.41) is 7.75. The molecule has 46 heavy (non-hydrogen) atoms. The van der Waals surface area contributed by atoms with E-state index in [0.717, 1.165) is 11.4 Å². The lowest BCUT2D eigenvalue weighted by Crippen LogP contribution is -2.16. The van der Waals surface area contributed by atoms with Gasteiger partial charge in [-0.1, -0.05) is 141 Å². The molecule has 1 aliphatic carbocycles. The van der Waals surface area contributed by atoms with Gasteiger partial charge in [0.2, 0.25) is 0 Å². The number of fused-ring (bicyclic) bond motifs is 8. The van der Waals surface area contributed by atoms with Gasteiger partial charge in [0.05, 0.1) is 0 Å². The molecule has 0 saturated heterocycles. The van der Waals surface area contributed by atoms with Crippen LogP contribution >= 0.6 is 0 Å². The number of hydrogen-bond acceptors (Lipinski definition) is 1. The molecule has 0 radical (unpaired) electrons. The van der Waals surface area contributed by atoms with Crippen LogP contribution in [0.25, 0.3) is 54.6 Å². The fourth-order valence-electron chi connectivity index (χ4n) is 7.76. The number of hydrogen-bond donors (Lipinski definition) is 0. The summed E-state index contributed by atoms with van der Waals surface area (Å²) in [7, 11) is 0. The molecule has 8 aromatic carbocycles. The van der Waals surface area contributed by atoms with Crippen molar-refractivity contribution in [3.63, 3.8) is 0 Å². The molecule has 8 aromatic rings. The van der Waals surface area contributed by atoms with Crippen LogP contribution in [0.4, 0.5) is 17.1 Å². The molecule has 218 valence electrons. The summed E-state index contributed by atoms with van der Waals surface area (Å²) in [5.74, 6) is 0. The van der Waals surface area contributed by atoms with E-state index in [1.165, 1.54) is 71.4 Å². The minimum Gasteiger partial charge on any atom is -0.310 e. The first-order valence-corrected chi connectivity index (χ1v) is 16.1. The summed E-state index contributed by atoms with van der Waals surface area (Å²) < 4.78 is 0. The molecule has 9 rings (SSSR count). The fraction of sp³-hybridized carbons (Fsp3) is 0.0667. The zero-order valence-electron chi connectivity index (χ0n) is 26.0. The van der Waals surface area contributed by atoms with Crippen LogP contribution in [-0.4, -0.2) is 0 Å². The van der Waals surface area contributed by atoms with Crippen molar-refractivity contribution >= 4 is 49.4 Å². The predicted octanol–water partition coefficient (Wildman–Crippen LogP) is 12.6. The molecule has 0 aliphatic heterocycles. The van der Waals surface area contributed by atoms with E-state index in [-0.39, 0.29) is 5.41 Å².